The summed E-state index contributed by atoms with van der Waals surface area (Å²) in [4.78, 5) is 16.8. The average molecular weight is 489 g/mol. The molecule has 4 aromatic rings. The van der Waals surface area contributed by atoms with E-state index < -0.39 is 5.82 Å². The van der Waals surface area contributed by atoms with Crippen LogP contribution < -0.4 is 4.90 Å². The van der Waals surface area contributed by atoms with Gasteiger partial charge in [0.05, 0.1) is 36.8 Å². The smallest absolute Gasteiger partial charge is 0.260 e. The molecule has 2 aliphatic rings. The molecule has 0 unspecified atom stereocenters. The fourth-order valence-electron chi connectivity index (χ4n) is 5.56. The maximum absolute atomic E-state index is 14.6. The summed E-state index contributed by atoms with van der Waals surface area (Å²) in [5.41, 5.74) is 5.81. The summed E-state index contributed by atoms with van der Waals surface area (Å²) in [6.45, 7) is 4.46. The largest absolute Gasteiger partial charge is 0.360 e. The molecule has 35 heavy (non-hydrogen) atoms. The van der Waals surface area contributed by atoms with Crippen molar-refractivity contribution in [3.8, 4) is 22.4 Å². The number of hydrogen-bond acceptors (Lipinski definition) is 3. The molecule has 1 fully saturated rings. The van der Waals surface area contributed by atoms with Crippen molar-refractivity contribution in [1.29, 1.82) is 0 Å². The number of hydrogen-bond donors (Lipinski definition) is 1. The SMILES string of the molecule is Cc1onc(-c2c(F)cccc2Cl)c1C(=O)N1CC[NH+](C2c3ccccc3-c3ccccc32)CC1. The van der Waals surface area contributed by atoms with Crippen molar-refractivity contribution in [1.82, 2.24) is 10.1 Å². The van der Waals surface area contributed by atoms with Crippen molar-refractivity contribution < 1.29 is 18.6 Å². The summed E-state index contributed by atoms with van der Waals surface area (Å²) < 4.78 is 19.9. The van der Waals surface area contributed by atoms with Crippen LogP contribution in [0.15, 0.2) is 71.3 Å². The first-order chi connectivity index (χ1) is 17.0. The second-order valence-corrected chi connectivity index (χ2v) is 9.52. The first kappa shape index (κ1) is 22.0. The zero-order valence-electron chi connectivity index (χ0n) is 19.2. The molecule has 1 amide bonds. The lowest BCUT2D eigenvalue weighted by atomic mass is 10.0. The van der Waals surface area contributed by atoms with Crippen LogP contribution in [0.25, 0.3) is 22.4 Å². The zero-order chi connectivity index (χ0) is 24.1. The molecule has 176 valence electrons. The Kier molecular flexibility index (Phi) is 5.43. The van der Waals surface area contributed by atoms with Crippen molar-refractivity contribution in [2.75, 3.05) is 26.2 Å². The summed E-state index contributed by atoms with van der Waals surface area (Å²) >= 11 is 6.26. The van der Waals surface area contributed by atoms with Gasteiger partial charge in [-0.05, 0) is 30.2 Å². The maximum Gasteiger partial charge on any atom is 0.260 e. The molecule has 0 bridgehead atoms. The number of rotatable bonds is 3. The molecule has 0 spiro atoms. The van der Waals surface area contributed by atoms with Gasteiger partial charge in [-0.15, -0.1) is 0 Å². The van der Waals surface area contributed by atoms with Crippen LogP contribution in [0.2, 0.25) is 5.02 Å². The van der Waals surface area contributed by atoms with Gasteiger partial charge in [0.2, 0.25) is 0 Å². The van der Waals surface area contributed by atoms with E-state index >= 15 is 0 Å². The number of quaternary nitrogens is 1. The van der Waals surface area contributed by atoms with E-state index in [0.717, 1.165) is 13.1 Å². The Morgan fingerprint density at radius 3 is 2.26 bits per heavy atom. The fourth-order valence-corrected chi connectivity index (χ4v) is 5.81. The molecule has 3 aromatic carbocycles. The number of amides is 1. The van der Waals surface area contributed by atoms with Crippen molar-refractivity contribution >= 4 is 17.5 Å². The topological polar surface area (TPSA) is 50.8 Å². The number of fused-ring (bicyclic) bond motifs is 3. The van der Waals surface area contributed by atoms with E-state index in [9.17, 15) is 9.18 Å². The number of benzene rings is 3. The lowest BCUT2D eigenvalue weighted by molar-refractivity contribution is -0.928. The van der Waals surface area contributed by atoms with Gasteiger partial charge in [0.15, 0.2) is 0 Å². The van der Waals surface area contributed by atoms with E-state index in [2.05, 4.69) is 53.7 Å². The third-order valence-electron chi connectivity index (χ3n) is 7.21. The predicted octanol–water partition coefficient (Wildman–Crippen LogP) is 4.55. The number of nitrogens with zero attached hydrogens (tertiary/aromatic N) is 2. The van der Waals surface area contributed by atoms with Gasteiger partial charge in [-0.25, -0.2) is 4.39 Å². The van der Waals surface area contributed by atoms with E-state index in [1.165, 1.54) is 39.3 Å². The normalized spacial score (nSPS) is 15.8. The van der Waals surface area contributed by atoms with E-state index in [4.69, 9.17) is 16.1 Å². The quantitative estimate of drug-likeness (QED) is 0.460. The number of aromatic nitrogens is 1. The Morgan fingerprint density at radius 1 is 1.00 bits per heavy atom. The van der Waals surface area contributed by atoms with Gasteiger partial charge in [0.25, 0.3) is 5.91 Å². The van der Waals surface area contributed by atoms with Crippen LogP contribution in [0.5, 0.6) is 0 Å². The Labute approximate surface area is 207 Å². The standard InChI is InChI=1S/C28H23ClFN3O2/c1-17-24(26(31-35-17)25-22(29)11-6-12-23(25)30)28(34)33-15-13-32(14-16-33)27-20-9-4-2-7-18(20)19-8-3-5-10-21(19)27/h2-12,27H,13-16H2,1H3/p+1. The fraction of sp³-hybridized carbons (Fsp3) is 0.214. The van der Waals surface area contributed by atoms with Crippen molar-refractivity contribution in [2.45, 2.75) is 13.0 Å². The molecular formula is C28H24ClFN3O2+. The highest BCUT2D eigenvalue weighted by Gasteiger charge is 2.39. The highest BCUT2D eigenvalue weighted by atomic mass is 35.5. The van der Waals surface area contributed by atoms with E-state index in [0.29, 0.717) is 18.8 Å². The molecule has 6 rings (SSSR count). The summed E-state index contributed by atoms with van der Waals surface area (Å²) in [6, 6.07) is 21.9. The van der Waals surface area contributed by atoms with E-state index in [1.54, 1.807) is 13.0 Å². The molecule has 1 N–H and O–H groups in total. The van der Waals surface area contributed by atoms with Gasteiger partial charge in [-0.2, -0.15) is 0 Å². The third-order valence-corrected chi connectivity index (χ3v) is 7.53. The predicted molar refractivity (Wildman–Crippen MR) is 132 cm³/mol. The van der Waals surface area contributed by atoms with Crippen LogP contribution in [0.4, 0.5) is 4.39 Å². The minimum Gasteiger partial charge on any atom is -0.360 e. The molecule has 7 heteroatoms. The summed E-state index contributed by atoms with van der Waals surface area (Å²) in [6.07, 6.45) is 0. The molecule has 5 nitrogen and oxygen atoms in total. The number of aryl methyl sites for hydroxylation is 1. The number of nitrogens with one attached hydrogen (secondary N) is 1. The zero-order valence-corrected chi connectivity index (χ0v) is 20.0. The summed E-state index contributed by atoms with van der Waals surface area (Å²) in [5, 5.41) is 4.19. The van der Waals surface area contributed by atoms with Crippen LogP contribution in [-0.4, -0.2) is 42.1 Å². The van der Waals surface area contributed by atoms with Gasteiger partial charge in [-0.1, -0.05) is 71.4 Å². The van der Waals surface area contributed by atoms with Crippen molar-refractivity contribution in [3.05, 3.63) is 100 Å². The van der Waals surface area contributed by atoms with Gasteiger partial charge in [-0.3, -0.25) is 4.79 Å². The molecule has 1 aliphatic carbocycles. The minimum absolute atomic E-state index is 0.0952. The monoisotopic (exact) mass is 488 g/mol. The van der Waals surface area contributed by atoms with Crippen LogP contribution in [0, 0.1) is 12.7 Å². The molecule has 0 saturated carbocycles. The first-order valence-electron chi connectivity index (χ1n) is 11.8. The van der Waals surface area contributed by atoms with Crippen molar-refractivity contribution in [2.24, 2.45) is 0 Å². The Morgan fingerprint density at radius 2 is 1.63 bits per heavy atom. The van der Waals surface area contributed by atoms with Crippen LogP contribution in [-0.2, 0) is 0 Å². The Hall–Kier alpha value is -3.48. The Balaban J connectivity index is 1.26. The second-order valence-electron chi connectivity index (χ2n) is 9.12. The first-order valence-corrected chi connectivity index (χ1v) is 12.1. The highest BCUT2D eigenvalue weighted by molar-refractivity contribution is 6.33. The van der Waals surface area contributed by atoms with Gasteiger partial charge < -0.3 is 14.3 Å². The summed E-state index contributed by atoms with van der Waals surface area (Å²) in [5.74, 6) is -0.380. The van der Waals surface area contributed by atoms with E-state index in [1.807, 2.05) is 4.90 Å². The van der Waals surface area contributed by atoms with Crippen molar-refractivity contribution in [3.63, 3.8) is 0 Å². The maximum atomic E-state index is 14.6. The van der Waals surface area contributed by atoms with Crippen LogP contribution in [0.3, 0.4) is 0 Å². The molecular weight excluding hydrogens is 465 g/mol. The lowest BCUT2D eigenvalue weighted by Gasteiger charge is -2.36. The molecule has 0 atom stereocenters. The van der Waals surface area contributed by atoms with Crippen LogP contribution >= 0.6 is 11.6 Å². The third kappa shape index (κ3) is 3.56. The van der Waals surface area contributed by atoms with Gasteiger partial charge in [0, 0.05) is 11.1 Å². The molecule has 0 radical (unpaired) electrons. The Bertz CT molecular complexity index is 1380. The van der Waals surface area contributed by atoms with Gasteiger partial charge >= 0.3 is 0 Å². The molecule has 2 heterocycles. The summed E-state index contributed by atoms with van der Waals surface area (Å²) in [7, 11) is 0. The van der Waals surface area contributed by atoms with Gasteiger partial charge in [0.1, 0.15) is 28.9 Å². The average Bonchev–Trinajstić information content (AvgIpc) is 3.42. The second kappa shape index (κ2) is 8.63. The number of halogens is 2. The minimum atomic E-state index is -0.535. The molecule has 1 aromatic heterocycles. The van der Waals surface area contributed by atoms with E-state index in [-0.39, 0.29) is 33.8 Å². The molecule has 1 saturated heterocycles. The highest BCUT2D eigenvalue weighted by Crippen LogP contribution is 2.41. The molecule has 1 aliphatic heterocycles. The number of piperazine rings is 1. The van der Waals surface area contributed by atoms with Crippen LogP contribution in [0.1, 0.15) is 33.3 Å². The lowest BCUT2D eigenvalue weighted by Crippen LogP contribution is -3.15. The number of carbonyl (C=O) groups excluding carboxylic acids is 1. The number of carbonyl (C=O) groups is 1.